The van der Waals surface area contributed by atoms with Crippen LogP contribution in [0.5, 0.6) is 17.2 Å². The summed E-state index contributed by atoms with van der Waals surface area (Å²) in [6, 6.07) is 11.6. The minimum atomic E-state index is -0.207. The molecular formula is C20H23NO4. The smallest absolute Gasteiger partial charge is 0.258 e. The van der Waals surface area contributed by atoms with E-state index in [4.69, 9.17) is 14.2 Å². The van der Waals surface area contributed by atoms with Gasteiger partial charge < -0.3 is 19.5 Å². The summed E-state index contributed by atoms with van der Waals surface area (Å²) in [5.74, 6) is 2.03. The molecule has 0 unspecified atom stereocenters. The van der Waals surface area contributed by atoms with Crippen LogP contribution in [0.25, 0.3) is 0 Å². The van der Waals surface area contributed by atoms with Crippen LogP contribution in [0, 0.1) is 20.8 Å². The fraction of sp³-hybridized carbons (Fsp3) is 0.350. The summed E-state index contributed by atoms with van der Waals surface area (Å²) in [4.78, 5) is 12.1. The largest absolute Gasteiger partial charge is 0.486 e. The molecule has 0 fully saturated rings. The molecule has 5 heteroatoms. The van der Waals surface area contributed by atoms with Crippen LogP contribution in [-0.4, -0.2) is 31.8 Å². The molecule has 0 bridgehead atoms. The number of hydrogen-bond donors (Lipinski definition) is 1. The van der Waals surface area contributed by atoms with Crippen LogP contribution in [0.4, 0.5) is 0 Å². The number of carbonyl (C=O) groups excluding carboxylic acids is 1. The molecule has 1 heterocycles. The third-order valence-corrected chi connectivity index (χ3v) is 4.05. The summed E-state index contributed by atoms with van der Waals surface area (Å²) in [7, 11) is 0. The zero-order valence-electron chi connectivity index (χ0n) is 14.8. The summed E-state index contributed by atoms with van der Waals surface area (Å²) in [5.41, 5.74) is 3.25. The maximum atomic E-state index is 12.1. The van der Waals surface area contributed by atoms with E-state index in [1.165, 1.54) is 5.56 Å². The molecule has 25 heavy (non-hydrogen) atoms. The van der Waals surface area contributed by atoms with Gasteiger partial charge in [0.1, 0.15) is 18.5 Å². The molecule has 132 valence electrons. The highest BCUT2D eigenvalue weighted by atomic mass is 16.6. The second-order valence-corrected chi connectivity index (χ2v) is 6.32. The van der Waals surface area contributed by atoms with Gasteiger partial charge in [0.2, 0.25) is 0 Å². The lowest BCUT2D eigenvalue weighted by molar-refractivity contribution is -0.123. The van der Waals surface area contributed by atoms with Gasteiger partial charge >= 0.3 is 0 Å². The number of amides is 1. The SMILES string of the molecule is Cc1cc(C)c(OCC(=O)NC[C@@H]2COc3ccccc3O2)c(C)c1. The van der Waals surface area contributed by atoms with Gasteiger partial charge in [0.25, 0.3) is 5.91 Å². The Morgan fingerprint density at radius 2 is 1.84 bits per heavy atom. The molecule has 2 aromatic rings. The van der Waals surface area contributed by atoms with Crippen LogP contribution in [0.1, 0.15) is 16.7 Å². The van der Waals surface area contributed by atoms with Crippen LogP contribution >= 0.6 is 0 Å². The molecule has 1 amide bonds. The number of para-hydroxylation sites is 2. The van der Waals surface area contributed by atoms with Crippen LogP contribution in [0.15, 0.2) is 36.4 Å². The molecule has 1 N–H and O–H groups in total. The van der Waals surface area contributed by atoms with E-state index in [0.29, 0.717) is 18.9 Å². The first-order chi connectivity index (χ1) is 12.0. The average molecular weight is 341 g/mol. The van der Waals surface area contributed by atoms with Crippen molar-refractivity contribution in [1.82, 2.24) is 5.32 Å². The minimum Gasteiger partial charge on any atom is -0.486 e. The normalized spacial score (nSPS) is 15.6. The van der Waals surface area contributed by atoms with Crippen molar-refractivity contribution in [2.45, 2.75) is 26.9 Å². The van der Waals surface area contributed by atoms with Crippen molar-refractivity contribution in [2.24, 2.45) is 0 Å². The van der Waals surface area contributed by atoms with Crippen LogP contribution in [-0.2, 0) is 4.79 Å². The lowest BCUT2D eigenvalue weighted by atomic mass is 10.1. The molecule has 5 nitrogen and oxygen atoms in total. The van der Waals surface area contributed by atoms with Crippen molar-refractivity contribution in [3.63, 3.8) is 0 Å². The number of benzene rings is 2. The highest BCUT2D eigenvalue weighted by Crippen LogP contribution is 2.30. The van der Waals surface area contributed by atoms with Gasteiger partial charge in [-0.1, -0.05) is 29.8 Å². The predicted molar refractivity (Wildman–Crippen MR) is 95.5 cm³/mol. The van der Waals surface area contributed by atoms with Crippen molar-refractivity contribution in [2.75, 3.05) is 19.8 Å². The van der Waals surface area contributed by atoms with Gasteiger partial charge in [0.15, 0.2) is 18.1 Å². The molecule has 1 aliphatic rings. The first-order valence-electron chi connectivity index (χ1n) is 8.39. The monoisotopic (exact) mass is 341 g/mol. The second kappa shape index (κ2) is 7.47. The standard InChI is InChI=1S/C20H23NO4/c1-13-8-14(2)20(15(3)9-13)24-12-19(22)21-10-16-11-23-17-6-4-5-7-18(17)25-16/h4-9,16H,10-12H2,1-3H3,(H,21,22)/t16-/m1/s1. The Kier molecular flexibility index (Phi) is 5.12. The fourth-order valence-electron chi connectivity index (χ4n) is 2.97. The maximum absolute atomic E-state index is 12.1. The summed E-state index contributed by atoms with van der Waals surface area (Å²) in [5, 5.41) is 2.83. The molecule has 0 aromatic heterocycles. The number of ether oxygens (including phenoxy) is 3. The van der Waals surface area contributed by atoms with Crippen LogP contribution < -0.4 is 19.5 Å². The quantitative estimate of drug-likeness (QED) is 0.908. The Hall–Kier alpha value is -2.69. The van der Waals surface area contributed by atoms with Crippen molar-refractivity contribution >= 4 is 5.91 Å². The summed E-state index contributed by atoms with van der Waals surface area (Å²) in [6.07, 6.45) is -0.207. The average Bonchev–Trinajstić information content (AvgIpc) is 2.59. The van der Waals surface area contributed by atoms with E-state index in [9.17, 15) is 4.79 Å². The lowest BCUT2D eigenvalue weighted by Crippen LogP contribution is -2.42. The molecule has 0 saturated carbocycles. The van der Waals surface area contributed by atoms with E-state index in [1.54, 1.807) is 0 Å². The number of hydrogen-bond acceptors (Lipinski definition) is 4. The van der Waals surface area contributed by atoms with Gasteiger partial charge in [0.05, 0.1) is 6.54 Å². The zero-order valence-corrected chi connectivity index (χ0v) is 14.8. The summed E-state index contributed by atoms with van der Waals surface area (Å²) < 4.78 is 17.1. The maximum Gasteiger partial charge on any atom is 0.258 e. The second-order valence-electron chi connectivity index (χ2n) is 6.32. The van der Waals surface area contributed by atoms with Gasteiger partial charge in [-0.3, -0.25) is 4.79 Å². The van der Waals surface area contributed by atoms with Crippen molar-refractivity contribution in [3.8, 4) is 17.2 Å². The molecule has 0 aliphatic carbocycles. The third kappa shape index (κ3) is 4.24. The Balaban J connectivity index is 1.48. The molecule has 0 saturated heterocycles. The van der Waals surface area contributed by atoms with E-state index in [2.05, 4.69) is 5.32 Å². The Labute approximate surface area is 147 Å². The first-order valence-corrected chi connectivity index (χ1v) is 8.39. The van der Waals surface area contributed by atoms with E-state index >= 15 is 0 Å². The molecule has 0 radical (unpaired) electrons. The van der Waals surface area contributed by atoms with E-state index in [1.807, 2.05) is 57.2 Å². The topological polar surface area (TPSA) is 56.8 Å². The van der Waals surface area contributed by atoms with E-state index in [0.717, 1.165) is 22.6 Å². The number of aryl methyl sites for hydroxylation is 3. The number of carbonyl (C=O) groups is 1. The van der Waals surface area contributed by atoms with E-state index in [-0.39, 0.29) is 18.6 Å². The zero-order chi connectivity index (χ0) is 17.8. The third-order valence-electron chi connectivity index (χ3n) is 4.05. The van der Waals surface area contributed by atoms with Gasteiger partial charge in [-0.05, 0) is 44.0 Å². The number of fused-ring (bicyclic) bond motifs is 1. The number of rotatable bonds is 5. The molecular weight excluding hydrogens is 318 g/mol. The molecule has 2 aromatic carbocycles. The van der Waals surface area contributed by atoms with E-state index < -0.39 is 0 Å². The minimum absolute atomic E-state index is 0.0189. The number of nitrogens with one attached hydrogen (secondary N) is 1. The van der Waals surface area contributed by atoms with Gasteiger partial charge in [0, 0.05) is 0 Å². The van der Waals surface area contributed by atoms with Crippen molar-refractivity contribution in [1.29, 1.82) is 0 Å². The van der Waals surface area contributed by atoms with Crippen molar-refractivity contribution < 1.29 is 19.0 Å². The van der Waals surface area contributed by atoms with Crippen LogP contribution in [0.3, 0.4) is 0 Å². The first kappa shape index (κ1) is 17.1. The van der Waals surface area contributed by atoms with Gasteiger partial charge in [-0.15, -0.1) is 0 Å². The van der Waals surface area contributed by atoms with Crippen molar-refractivity contribution in [3.05, 3.63) is 53.1 Å². The molecule has 1 atom stereocenters. The van der Waals surface area contributed by atoms with Gasteiger partial charge in [-0.25, -0.2) is 0 Å². The summed E-state index contributed by atoms with van der Waals surface area (Å²) >= 11 is 0. The van der Waals surface area contributed by atoms with Gasteiger partial charge in [-0.2, -0.15) is 0 Å². The Morgan fingerprint density at radius 1 is 1.16 bits per heavy atom. The highest BCUT2D eigenvalue weighted by molar-refractivity contribution is 5.77. The Bertz CT molecular complexity index is 749. The van der Waals surface area contributed by atoms with Crippen LogP contribution in [0.2, 0.25) is 0 Å². The molecule has 0 spiro atoms. The lowest BCUT2D eigenvalue weighted by Gasteiger charge is -2.26. The molecule has 1 aliphatic heterocycles. The fourth-order valence-corrected chi connectivity index (χ4v) is 2.97. The highest BCUT2D eigenvalue weighted by Gasteiger charge is 2.21. The molecule has 3 rings (SSSR count). The predicted octanol–water partition coefficient (Wildman–Crippen LogP) is 2.95. The summed E-state index contributed by atoms with van der Waals surface area (Å²) in [6.45, 7) is 6.78. The Morgan fingerprint density at radius 3 is 2.56 bits per heavy atom.